The highest BCUT2D eigenvalue weighted by Gasteiger charge is 2.16. The van der Waals surface area contributed by atoms with Crippen LogP contribution in [0.3, 0.4) is 0 Å². The number of aromatic nitrogens is 4. The van der Waals surface area contributed by atoms with Crippen molar-refractivity contribution in [1.82, 2.24) is 30.6 Å². The van der Waals surface area contributed by atoms with Gasteiger partial charge in [-0.1, -0.05) is 72.8 Å². The molecule has 32 heavy (non-hydrogen) atoms. The second-order valence-electron chi connectivity index (χ2n) is 8.15. The Hall–Kier alpha value is -3.74. The van der Waals surface area contributed by atoms with Crippen molar-refractivity contribution in [2.75, 3.05) is 13.1 Å². The van der Waals surface area contributed by atoms with Gasteiger partial charge in [0.05, 0.1) is 35.9 Å². The molecule has 6 heteroatoms. The van der Waals surface area contributed by atoms with Crippen LogP contribution < -0.4 is 10.6 Å². The number of nitrogens with one attached hydrogen (secondary N) is 4. The molecule has 2 aromatic carbocycles. The van der Waals surface area contributed by atoms with E-state index in [4.69, 9.17) is 0 Å². The lowest BCUT2D eigenvalue weighted by Gasteiger charge is -2.06. The lowest BCUT2D eigenvalue weighted by atomic mass is 10.0. The average Bonchev–Trinajstić information content (AvgIpc) is 3.66. The van der Waals surface area contributed by atoms with Gasteiger partial charge in [0.1, 0.15) is 11.6 Å². The summed E-state index contributed by atoms with van der Waals surface area (Å²) < 4.78 is 0. The number of nitrogens with zero attached hydrogens (tertiary/aromatic N) is 2. The molecule has 4 heterocycles. The molecule has 4 aromatic rings. The minimum absolute atomic E-state index is 0.179. The van der Waals surface area contributed by atoms with E-state index in [2.05, 4.69) is 103 Å². The largest absolute Gasteiger partial charge is 0.340 e. The second kappa shape index (κ2) is 8.07. The van der Waals surface area contributed by atoms with Crippen LogP contribution in [0.1, 0.15) is 23.7 Å². The number of imidazole rings is 2. The van der Waals surface area contributed by atoms with Gasteiger partial charge in [-0.15, -0.1) is 0 Å². The van der Waals surface area contributed by atoms with Crippen LogP contribution in [0.2, 0.25) is 0 Å². The van der Waals surface area contributed by atoms with Gasteiger partial charge in [-0.05, 0) is 22.3 Å². The van der Waals surface area contributed by atoms with Gasteiger partial charge in [0.15, 0.2) is 0 Å². The minimum atomic E-state index is 0.179. The van der Waals surface area contributed by atoms with E-state index in [1.165, 1.54) is 11.1 Å². The lowest BCUT2D eigenvalue weighted by molar-refractivity contribution is 0.676. The molecule has 0 bridgehead atoms. The summed E-state index contributed by atoms with van der Waals surface area (Å²) in [4.78, 5) is 15.9. The molecule has 2 aliphatic heterocycles. The van der Waals surface area contributed by atoms with Crippen LogP contribution in [0.5, 0.6) is 0 Å². The number of aromatic amines is 2. The zero-order chi connectivity index (χ0) is 21.3. The molecule has 0 amide bonds. The van der Waals surface area contributed by atoms with E-state index in [1.807, 2.05) is 12.4 Å². The van der Waals surface area contributed by atoms with E-state index in [-0.39, 0.29) is 12.1 Å². The summed E-state index contributed by atoms with van der Waals surface area (Å²) in [5.74, 6) is 1.91. The van der Waals surface area contributed by atoms with E-state index >= 15 is 0 Å². The maximum atomic E-state index is 4.54. The van der Waals surface area contributed by atoms with E-state index in [0.29, 0.717) is 0 Å². The second-order valence-corrected chi connectivity index (χ2v) is 8.15. The molecule has 0 saturated carbocycles. The summed E-state index contributed by atoms with van der Waals surface area (Å²) in [6, 6.07) is 17.6. The van der Waals surface area contributed by atoms with E-state index < -0.39 is 0 Å². The first-order valence-corrected chi connectivity index (χ1v) is 10.9. The molecule has 0 spiro atoms. The van der Waals surface area contributed by atoms with Crippen LogP contribution in [-0.2, 0) is 0 Å². The topological polar surface area (TPSA) is 81.4 Å². The highest BCUT2D eigenvalue weighted by molar-refractivity contribution is 5.71. The Balaban J connectivity index is 1.18. The number of rotatable bonds is 5. The summed E-state index contributed by atoms with van der Waals surface area (Å²) in [6.07, 6.45) is 12.3. The Bertz CT molecular complexity index is 1170. The smallest absolute Gasteiger partial charge is 0.127 e. The first kappa shape index (κ1) is 19.0. The molecule has 2 aliphatic rings. The summed E-state index contributed by atoms with van der Waals surface area (Å²) in [6.45, 7) is 1.79. The Morgan fingerprint density at radius 2 is 0.969 bits per heavy atom. The zero-order valence-electron chi connectivity index (χ0n) is 17.5. The molecule has 6 rings (SSSR count). The van der Waals surface area contributed by atoms with Crippen molar-refractivity contribution in [1.29, 1.82) is 0 Å². The first-order chi connectivity index (χ1) is 15.8. The monoisotopic (exact) mass is 420 g/mol. The number of hydrogen-bond acceptors (Lipinski definition) is 4. The van der Waals surface area contributed by atoms with Crippen molar-refractivity contribution in [2.24, 2.45) is 0 Å². The number of benzene rings is 2. The maximum Gasteiger partial charge on any atom is 0.127 e. The van der Waals surface area contributed by atoms with Crippen LogP contribution in [0.25, 0.3) is 33.6 Å². The normalized spacial score (nSPS) is 19.8. The lowest BCUT2D eigenvalue weighted by Crippen LogP contribution is -2.14. The fourth-order valence-electron chi connectivity index (χ4n) is 4.28. The maximum absolute atomic E-state index is 4.54. The third kappa shape index (κ3) is 3.60. The highest BCUT2D eigenvalue weighted by atomic mass is 15.0. The fourth-order valence-corrected chi connectivity index (χ4v) is 4.28. The predicted molar refractivity (Wildman–Crippen MR) is 127 cm³/mol. The standard InChI is InChI=1S/C26H24N6/c1-3-21(27-13-1)25-29-15-23(31-25)19-9-5-17(6-10-19)18-7-11-20(12-8-18)24-16-30-26(32-24)22-4-2-14-28-22/h1-12,15-16,21-22,27-28H,13-14H2,(H,29,31)(H,30,32)/t21-,22-/m0/s1. The summed E-state index contributed by atoms with van der Waals surface area (Å²) in [5.41, 5.74) is 6.70. The number of hydrogen-bond donors (Lipinski definition) is 4. The van der Waals surface area contributed by atoms with Crippen molar-refractivity contribution >= 4 is 0 Å². The van der Waals surface area contributed by atoms with Gasteiger partial charge in [0.2, 0.25) is 0 Å². The molecule has 6 nitrogen and oxygen atoms in total. The van der Waals surface area contributed by atoms with Gasteiger partial charge < -0.3 is 20.6 Å². The van der Waals surface area contributed by atoms with Crippen LogP contribution in [0.15, 0.2) is 85.2 Å². The molecular weight excluding hydrogens is 396 g/mol. The molecule has 158 valence electrons. The van der Waals surface area contributed by atoms with Gasteiger partial charge in [0, 0.05) is 13.1 Å². The van der Waals surface area contributed by atoms with Crippen LogP contribution in [-0.4, -0.2) is 33.0 Å². The molecule has 0 fully saturated rings. The third-order valence-electron chi connectivity index (χ3n) is 6.07. The summed E-state index contributed by atoms with van der Waals surface area (Å²) in [7, 11) is 0. The third-order valence-corrected chi connectivity index (χ3v) is 6.07. The summed E-state index contributed by atoms with van der Waals surface area (Å²) >= 11 is 0. The molecule has 0 radical (unpaired) electrons. The Morgan fingerprint density at radius 3 is 1.34 bits per heavy atom. The van der Waals surface area contributed by atoms with Gasteiger partial charge in [0.25, 0.3) is 0 Å². The van der Waals surface area contributed by atoms with Gasteiger partial charge >= 0.3 is 0 Å². The quantitative estimate of drug-likeness (QED) is 0.358. The minimum Gasteiger partial charge on any atom is -0.340 e. The van der Waals surface area contributed by atoms with Crippen molar-refractivity contribution in [2.45, 2.75) is 12.1 Å². The number of H-pyrrole nitrogens is 2. The van der Waals surface area contributed by atoms with E-state index in [9.17, 15) is 0 Å². The van der Waals surface area contributed by atoms with Gasteiger partial charge in [-0.25, -0.2) is 9.97 Å². The molecule has 2 aromatic heterocycles. The average molecular weight is 421 g/mol. The molecule has 4 N–H and O–H groups in total. The van der Waals surface area contributed by atoms with E-state index in [1.54, 1.807) is 0 Å². The van der Waals surface area contributed by atoms with Gasteiger partial charge in [-0.3, -0.25) is 0 Å². The zero-order valence-corrected chi connectivity index (χ0v) is 17.5. The Labute approximate surface area is 186 Å². The van der Waals surface area contributed by atoms with Crippen LogP contribution >= 0.6 is 0 Å². The van der Waals surface area contributed by atoms with E-state index in [0.717, 1.165) is 47.3 Å². The fraction of sp³-hybridized carbons (Fsp3) is 0.154. The molecule has 0 aliphatic carbocycles. The van der Waals surface area contributed by atoms with Crippen molar-refractivity contribution in [3.63, 3.8) is 0 Å². The Morgan fingerprint density at radius 1 is 0.562 bits per heavy atom. The molecule has 2 atom stereocenters. The first-order valence-electron chi connectivity index (χ1n) is 10.9. The molecule has 0 saturated heterocycles. The van der Waals surface area contributed by atoms with Crippen LogP contribution in [0.4, 0.5) is 0 Å². The van der Waals surface area contributed by atoms with Crippen LogP contribution in [0, 0.1) is 0 Å². The Kier molecular flexibility index (Phi) is 4.79. The van der Waals surface area contributed by atoms with Crippen molar-refractivity contribution in [3.8, 4) is 33.6 Å². The van der Waals surface area contributed by atoms with Gasteiger partial charge in [-0.2, -0.15) is 0 Å². The van der Waals surface area contributed by atoms with Crippen molar-refractivity contribution in [3.05, 3.63) is 96.9 Å². The van der Waals surface area contributed by atoms with Crippen molar-refractivity contribution < 1.29 is 0 Å². The summed E-state index contributed by atoms with van der Waals surface area (Å²) in [5, 5.41) is 6.77. The molecule has 0 unspecified atom stereocenters. The SMILES string of the molecule is C1=C[C@@H](c2ncc(-c3ccc(-c4ccc(-c5cnc([C@@H]6C=CCN6)[nH]5)cc4)cc3)[nH]2)NC1. The molecular formula is C26H24N6. The predicted octanol–water partition coefficient (Wildman–Crippen LogP) is 4.53. The highest BCUT2D eigenvalue weighted by Crippen LogP contribution is 2.28.